The van der Waals surface area contributed by atoms with Crippen molar-refractivity contribution in [3.8, 4) is 0 Å². The molecule has 1 aliphatic rings. The molecule has 0 atom stereocenters. The molecule has 0 saturated carbocycles. The van der Waals surface area contributed by atoms with Crippen LogP contribution in [0, 0.1) is 6.92 Å². The number of carbonyl (C=O) groups excluding carboxylic acids is 2. The maximum absolute atomic E-state index is 13.9. The Hall–Kier alpha value is -3.97. The van der Waals surface area contributed by atoms with Gasteiger partial charge in [-0.25, -0.2) is 5.43 Å². The largest absolute Gasteiger partial charge is 0.455 e. The van der Waals surface area contributed by atoms with Crippen molar-refractivity contribution in [2.24, 2.45) is 5.10 Å². The second-order valence-electron chi connectivity index (χ2n) is 9.32. The Balaban J connectivity index is 1.43. The van der Waals surface area contributed by atoms with Crippen LogP contribution in [0.15, 0.2) is 98.9 Å². The van der Waals surface area contributed by atoms with Crippen molar-refractivity contribution in [2.45, 2.75) is 39.3 Å². The third-order valence-corrected chi connectivity index (χ3v) is 7.34. The molecule has 4 aromatic rings. The first-order valence-corrected chi connectivity index (χ1v) is 13.4. The van der Waals surface area contributed by atoms with Crippen LogP contribution in [0.3, 0.4) is 0 Å². The number of carbonyl (C=O) groups is 2. The Labute approximate surface area is 230 Å². The summed E-state index contributed by atoms with van der Waals surface area (Å²) in [5, 5.41) is 4.47. The van der Waals surface area contributed by atoms with Crippen LogP contribution < -0.4 is 5.43 Å². The van der Waals surface area contributed by atoms with Gasteiger partial charge in [0.1, 0.15) is 5.76 Å². The molecule has 6 nitrogen and oxygen atoms in total. The van der Waals surface area contributed by atoms with Gasteiger partial charge in [-0.1, -0.05) is 72.8 Å². The van der Waals surface area contributed by atoms with Crippen molar-refractivity contribution >= 4 is 33.5 Å². The van der Waals surface area contributed by atoms with Gasteiger partial charge < -0.3 is 9.32 Å². The third-order valence-electron chi connectivity index (χ3n) is 6.65. The van der Waals surface area contributed by atoms with Gasteiger partial charge in [-0.15, -0.1) is 0 Å². The van der Waals surface area contributed by atoms with Crippen molar-refractivity contribution in [3.63, 3.8) is 0 Å². The van der Waals surface area contributed by atoms with Crippen LogP contribution >= 0.6 is 15.9 Å². The Morgan fingerprint density at radius 3 is 2.13 bits per heavy atom. The van der Waals surface area contributed by atoms with Gasteiger partial charge in [0.2, 0.25) is 0 Å². The molecule has 192 valence electrons. The Bertz CT molecular complexity index is 1440. The Morgan fingerprint density at radius 2 is 1.50 bits per heavy atom. The number of hydrogen-bond donors (Lipinski definition) is 1. The van der Waals surface area contributed by atoms with E-state index < -0.39 is 0 Å². The van der Waals surface area contributed by atoms with E-state index in [0.717, 1.165) is 46.6 Å². The van der Waals surface area contributed by atoms with E-state index >= 15 is 0 Å². The zero-order valence-electron chi connectivity index (χ0n) is 21.1. The van der Waals surface area contributed by atoms with Gasteiger partial charge in [-0.2, -0.15) is 5.10 Å². The molecular weight excluding hydrogens is 542 g/mol. The summed E-state index contributed by atoms with van der Waals surface area (Å²) in [5.41, 5.74) is 7.59. The number of amides is 2. The molecule has 0 aliphatic heterocycles. The normalized spacial score (nSPS) is 13.7. The minimum Gasteiger partial charge on any atom is -0.455 e. The number of furan rings is 1. The van der Waals surface area contributed by atoms with Crippen molar-refractivity contribution in [2.75, 3.05) is 0 Å². The number of hydrogen-bond acceptors (Lipinski definition) is 4. The number of aryl methyl sites for hydroxylation is 1. The topological polar surface area (TPSA) is 74.9 Å². The zero-order chi connectivity index (χ0) is 26.5. The van der Waals surface area contributed by atoms with Crippen LogP contribution in [0.25, 0.3) is 0 Å². The molecule has 38 heavy (non-hydrogen) atoms. The summed E-state index contributed by atoms with van der Waals surface area (Å²) in [7, 11) is 0. The predicted octanol–water partition coefficient (Wildman–Crippen LogP) is 6.66. The molecule has 0 fully saturated rings. The number of nitrogens with one attached hydrogen (secondary N) is 1. The van der Waals surface area contributed by atoms with Crippen LogP contribution in [0.5, 0.6) is 0 Å². The van der Waals surface area contributed by atoms with Crippen LogP contribution in [0.4, 0.5) is 0 Å². The van der Waals surface area contributed by atoms with E-state index in [-0.39, 0.29) is 11.8 Å². The lowest BCUT2D eigenvalue weighted by Crippen LogP contribution is -2.30. The Morgan fingerprint density at radius 1 is 0.895 bits per heavy atom. The molecule has 1 aliphatic carbocycles. The summed E-state index contributed by atoms with van der Waals surface area (Å²) in [6.45, 7) is 2.82. The summed E-state index contributed by atoms with van der Waals surface area (Å²) in [6, 6.07) is 27.1. The molecule has 0 radical (unpaired) electrons. The van der Waals surface area contributed by atoms with Crippen molar-refractivity contribution in [1.82, 2.24) is 10.3 Å². The SMILES string of the molecule is Cc1c(C(=O)N(Cc2ccccc2)Cc2ccccc2)oc2c1/C(=N/NC(=O)c1ccccc1Br)CCC2. The second kappa shape index (κ2) is 11.6. The lowest BCUT2D eigenvalue weighted by molar-refractivity contribution is 0.0694. The van der Waals surface area contributed by atoms with Crippen molar-refractivity contribution in [1.29, 1.82) is 0 Å². The summed E-state index contributed by atoms with van der Waals surface area (Å²) < 4.78 is 6.90. The highest BCUT2D eigenvalue weighted by Crippen LogP contribution is 2.31. The highest BCUT2D eigenvalue weighted by atomic mass is 79.9. The number of nitrogens with zero attached hydrogens (tertiary/aromatic N) is 2. The molecule has 0 spiro atoms. The maximum atomic E-state index is 13.9. The van der Waals surface area contributed by atoms with Crippen LogP contribution in [-0.2, 0) is 19.5 Å². The van der Waals surface area contributed by atoms with Crippen molar-refractivity contribution in [3.05, 3.63) is 129 Å². The van der Waals surface area contributed by atoms with E-state index in [4.69, 9.17) is 4.42 Å². The van der Waals surface area contributed by atoms with Crippen molar-refractivity contribution < 1.29 is 14.0 Å². The summed E-state index contributed by atoms with van der Waals surface area (Å²) in [4.78, 5) is 28.4. The average molecular weight is 570 g/mol. The first-order valence-electron chi connectivity index (χ1n) is 12.6. The van der Waals surface area contributed by atoms with Crippen LogP contribution in [0.2, 0.25) is 0 Å². The van der Waals surface area contributed by atoms with Gasteiger partial charge in [0.25, 0.3) is 11.8 Å². The lowest BCUT2D eigenvalue weighted by Gasteiger charge is -2.22. The van der Waals surface area contributed by atoms with E-state index in [1.54, 1.807) is 12.1 Å². The molecule has 2 amide bonds. The standard InChI is InChI=1S/C31H28BrN3O3/c1-21-28-26(33-34-30(36)24-15-8-9-16-25(24)32)17-10-18-27(28)38-29(21)31(37)35(19-22-11-4-2-5-12-22)20-23-13-6-3-7-14-23/h2-9,11-16H,10,17-20H2,1H3,(H,34,36)/b33-26+. The van der Waals surface area contributed by atoms with Gasteiger partial charge in [-0.3, -0.25) is 9.59 Å². The lowest BCUT2D eigenvalue weighted by atomic mass is 9.93. The predicted molar refractivity (Wildman–Crippen MR) is 151 cm³/mol. The van der Waals surface area contributed by atoms with Gasteiger partial charge in [0.05, 0.1) is 11.3 Å². The molecule has 7 heteroatoms. The number of benzene rings is 3. The van der Waals surface area contributed by atoms with Crippen LogP contribution in [0.1, 0.15) is 61.8 Å². The van der Waals surface area contributed by atoms with E-state index in [2.05, 4.69) is 26.5 Å². The van der Waals surface area contributed by atoms with E-state index in [1.807, 2.05) is 84.6 Å². The first kappa shape index (κ1) is 25.7. The molecule has 1 N–H and O–H groups in total. The highest BCUT2D eigenvalue weighted by Gasteiger charge is 2.30. The van der Waals surface area contributed by atoms with E-state index in [1.165, 1.54) is 0 Å². The van der Waals surface area contributed by atoms with E-state index in [0.29, 0.717) is 35.3 Å². The minimum atomic E-state index is -0.300. The number of hydrazone groups is 1. The zero-order valence-corrected chi connectivity index (χ0v) is 22.7. The third kappa shape index (κ3) is 5.63. The monoisotopic (exact) mass is 569 g/mol. The summed E-state index contributed by atoms with van der Waals surface area (Å²) >= 11 is 3.41. The quantitative estimate of drug-likeness (QED) is 0.253. The van der Waals surface area contributed by atoms with Gasteiger partial charge in [0.15, 0.2) is 5.76 Å². The van der Waals surface area contributed by atoms with E-state index in [9.17, 15) is 9.59 Å². The molecule has 1 aromatic heterocycles. The number of fused-ring (bicyclic) bond motifs is 1. The minimum absolute atomic E-state index is 0.166. The molecular formula is C31H28BrN3O3. The molecule has 0 saturated heterocycles. The summed E-state index contributed by atoms with van der Waals surface area (Å²) in [6.07, 6.45) is 2.24. The molecule has 0 unspecified atom stereocenters. The average Bonchev–Trinajstić information content (AvgIpc) is 3.29. The molecule has 5 rings (SSSR count). The fourth-order valence-electron chi connectivity index (χ4n) is 4.76. The Kier molecular flexibility index (Phi) is 7.84. The first-order chi connectivity index (χ1) is 18.5. The van der Waals surface area contributed by atoms with Gasteiger partial charge >= 0.3 is 0 Å². The van der Waals surface area contributed by atoms with Gasteiger partial charge in [-0.05, 0) is 59.0 Å². The second-order valence-corrected chi connectivity index (χ2v) is 10.2. The fraction of sp³-hybridized carbons (Fsp3) is 0.194. The number of rotatable bonds is 7. The summed E-state index contributed by atoms with van der Waals surface area (Å²) in [5.74, 6) is 0.603. The number of halogens is 1. The van der Waals surface area contributed by atoms with Crippen LogP contribution in [-0.4, -0.2) is 22.4 Å². The fourth-order valence-corrected chi connectivity index (χ4v) is 5.22. The van der Waals surface area contributed by atoms with Gasteiger partial charge in [0, 0.05) is 35.1 Å². The maximum Gasteiger partial charge on any atom is 0.290 e. The molecule has 1 heterocycles. The highest BCUT2D eigenvalue weighted by molar-refractivity contribution is 9.10. The molecule has 0 bridgehead atoms. The molecule has 3 aromatic carbocycles. The smallest absolute Gasteiger partial charge is 0.290 e.